The van der Waals surface area contributed by atoms with Crippen LogP contribution in [0.2, 0.25) is 0 Å². The molecule has 1 fully saturated rings. The van der Waals surface area contributed by atoms with Gasteiger partial charge in [0.25, 0.3) is 0 Å². The fraction of sp³-hybridized carbons (Fsp3) is 0.923. The Morgan fingerprint density at radius 1 is 1.31 bits per heavy atom. The van der Waals surface area contributed by atoms with E-state index in [1.165, 1.54) is 25.7 Å². The second-order valence-corrected chi connectivity index (χ2v) is 5.32. The quantitative estimate of drug-likeness (QED) is 0.752. The van der Waals surface area contributed by atoms with Crippen LogP contribution in [0.25, 0.3) is 0 Å². The van der Waals surface area contributed by atoms with E-state index in [2.05, 4.69) is 24.5 Å². The molecule has 1 unspecified atom stereocenters. The highest BCUT2D eigenvalue weighted by Crippen LogP contribution is 2.30. The lowest BCUT2D eigenvalue weighted by molar-refractivity contribution is -0.122. The van der Waals surface area contributed by atoms with Crippen LogP contribution in [-0.4, -0.2) is 25.5 Å². The zero-order valence-corrected chi connectivity index (χ0v) is 10.9. The van der Waals surface area contributed by atoms with Crippen molar-refractivity contribution in [2.45, 2.75) is 52.0 Å². The van der Waals surface area contributed by atoms with Gasteiger partial charge in [-0.2, -0.15) is 0 Å². The van der Waals surface area contributed by atoms with Crippen LogP contribution in [0, 0.1) is 11.8 Å². The Hall–Kier alpha value is -0.570. The molecule has 0 heterocycles. The van der Waals surface area contributed by atoms with E-state index in [0.717, 1.165) is 18.9 Å². The molecule has 0 saturated heterocycles. The molecule has 0 aromatic rings. The number of hydrogen-bond donors (Lipinski definition) is 2. The number of likely N-dealkylation sites (N-methyl/N-ethyl adjacent to an activating group) is 1. The molecule has 1 amide bonds. The van der Waals surface area contributed by atoms with Crippen LogP contribution in [0.15, 0.2) is 0 Å². The molecule has 94 valence electrons. The molecular weight excluding hydrogens is 200 g/mol. The Labute approximate surface area is 99.4 Å². The van der Waals surface area contributed by atoms with Gasteiger partial charge in [-0.05, 0) is 38.6 Å². The molecule has 1 aliphatic carbocycles. The van der Waals surface area contributed by atoms with Gasteiger partial charge in [-0.1, -0.05) is 19.8 Å². The van der Waals surface area contributed by atoms with E-state index in [-0.39, 0.29) is 5.91 Å². The summed E-state index contributed by atoms with van der Waals surface area (Å²) in [4.78, 5) is 11.7. The standard InChI is InChI=1S/C13H26N2O/c1-10-4-6-12(7-5-10)8-13(16)15-9-11(2)14-3/h10-12,14H,4-9H2,1-3H3,(H,15,16). The van der Waals surface area contributed by atoms with Crippen molar-refractivity contribution in [1.29, 1.82) is 0 Å². The third kappa shape index (κ3) is 4.97. The predicted molar refractivity (Wildman–Crippen MR) is 67.3 cm³/mol. The summed E-state index contributed by atoms with van der Waals surface area (Å²) in [7, 11) is 1.92. The van der Waals surface area contributed by atoms with E-state index < -0.39 is 0 Å². The van der Waals surface area contributed by atoms with Gasteiger partial charge in [0.2, 0.25) is 5.91 Å². The Morgan fingerprint density at radius 3 is 2.50 bits per heavy atom. The van der Waals surface area contributed by atoms with E-state index in [0.29, 0.717) is 12.0 Å². The summed E-state index contributed by atoms with van der Waals surface area (Å²) in [6.45, 7) is 5.12. The van der Waals surface area contributed by atoms with Crippen molar-refractivity contribution in [1.82, 2.24) is 10.6 Å². The number of nitrogens with one attached hydrogen (secondary N) is 2. The molecule has 0 aromatic heterocycles. The van der Waals surface area contributed by atoms with Crippen molar-refractivity contribution in [2.75, 3.05) is 13.6 Å². The lowest BCUT2D eigenvalue weighted by atomic mass is 9.81. The summed E-state index contributed by atoms with van der Waals surface area (Å²) in [5.74, 6) is 1.71. The summed E-state index contributed by atoms with van der Waals surface area (Å²) >= 11 is 0. The zero-order valence-electron chi connectivity index (χ0n) is 10.9. The molecule has 3 heteroatoms. The fourth-order valence-corrected chi connectivity index (χ4v) is 2.24. The van der Waals surface area contributed by atoms with Crippen molar-refractivity contribution in [3.05, 3.63) is 0 Å². The first-order chi connectivity index (χ1) is 7.61. The van der Waals surface area contributed by atoms with Gasteiger partial charge in [-0.15, -0.1) is 0 Å². The van der Waals surface area contributed by atoms with Crippen molar-refractivity contribution >= 4 is 5.91 Å². The second-order valence-electron chi connectivity index (χ2n) is 5.32. The highest BCUT2D eigenvalue weighted by molar-refractivity contribution is 5.76. The average molecular weight is 226 g/mol. The SMILES string of the molecule is CNC(C)CNC(=O)CC1CCC(C)CC1. The molecule has 16 heavy (non-hydrogen) atoms. The first kappa shape index (κ1) is 13.5. The summed E-state index contributed by atoms with van der Waals surface area (Å²) < 4.78 is 0. The first-order valence-electron chi connectivity index (χ1n) is 6.55. The molecule has 2 N–H and O–H groups in total. The number of rotatable bonds is 5. The van der Waals surface area contributed by atoms with Crippen LogP contribution < -0.4 is 10.6 Å². The average Bonchev–Trinajstić information content (AvgIpc) is 2.29. The van der Waals surface area contributed by atoms with E-state index in [1.54, 1.807) is 0 Å². The maximum absolute atomic E-state index is 11.7. The van der Waals surface area contributed by atoms with Crippen LogP contribution in [0.3, 0.4) is 0 Å². The summed E-state index contributed by atoms with van der Waals surface area (Å²) in [5.41, 5.74) is 0. The first-order valence-corrected chi connectivity index (χ1v) is 6.55. The molecular formula is C13H26N2O. The molecule has 1 atom stereocenters. The highest BCUT2D eigenvalue weighted by atomic mass is 16.1. The number of hydrogen-bond acceptors (Lipinski definition) is 2. The monoisotopic (exact) mass is 226 g/mol. The lowest BCUT2D eigenvalue weighted by Gasteiger charge is -2.25. The predicted octanol–water partition coefficient (Wildman–Crippen LogP) is 1.93. The molecule has 0 spiro atoms. The van der Waals surface area contributed by atoms with Gasteiger partial charge in [0.1, 0.15) is 0 Å². The van der Waals surface area contributed by atoms with Gasteiger partial charge in [0.15, 0.2) is 0 Å². The van der Waals surface area contributed by atoms with E-state index in [4.69, 9.17) is 0 Å². The molecule has 0 radical (unpaired) electrons. The van der Waals surface area contributed by atoms with E-state index in [1.807, 2.05) is 7.05 Å². The number of carbonyl (C=O) groups is 1. The smallest absolute Gasteiger partial charge is 0.220 e. The molecule has 1 saturated carbocycles. The van der Waals surface area contributed by atoms with Crippen LogP contribution in [0.4, 0.5) is 0 Å². The third-order valence-corrected chi connectivity index (χ3v) is 3.71. The number of carbonyl (C=O) groups excluding carboxylic acids is 1. The van der Waals surface area contributed by atoms with Gasteiger partial charge < -0.3 is 10.6 Å². The van der Waals surface area contributed by atoms with E-state index >= 15 is 0 Å². The van der Waals surface area contributed by atoms with Crippen molar-refractivity contribution in [2.24, 2.45) is 11.8 Å². The molecule has 0 aromatic carbocycles. The minimum absolute atomic E-state index is 0.224. The van der Waals surface area contributed by atoms with Gasteiger partial charge in [-0.3, -0.25) is 4.79 Å². The minimum atomic E-state index is 0.224. The van der Waals surface area contributed by atoms with Crippen molar-refractivity contribution in [3.8, 4) is 0 Å². The fourth-order valence-electron chi connectivity index (χ4n) is 2.24. The van der Waals surface area contributed by atoms with Gasteiger partial charge >= 0.3 is 0 Å². The van der Waals surface area contributed by atoms with Crippen LogP contribution in [0.5, 0.6) is 0 Å². The molecule has 3 nitrogen and oxygen atoms in total. The van der Waals surface area contributed by atoms with Crippen LogP contribution in [-0.2, 0) is 4.79 Å². The largest absolute Gasteiger partial charge is 0.355 e. The van der Waals surface area contributed by atoms with Crippen LogP contribution in [0.1, 0.15) is 46.0 Å². The maximum Gasteiger partial charge on any atom is 0.220 e. The second kappa shape index (κ2) is 6.89. The normalized spacial score (nSPS) is 27.4. The van der Waals surface area contributed by atoms with Crippen molar-refractivity contribution < 1.29 is 4.79 Å². The molecule has 0 aliphatic heterocycles. The minimum Gasteiger partial charge on any atom is -0.355 e. The summed E-state index contributed by atoms with van der Waals surface area (Å²) in [6, 6.07) is 0.357. The Balaban J connectivity index is 2.14. The summed E-state index contributed by atoms with van der Waals surface area (Å²) in [5, 5.41) is 6.11. The number of amides is 1. The molecule has 0 bridgehead atoms. The van der Waals surface area contributed by atoms with Gasteiger partial charge in [0, 0.05) is 19.0 Å². The Bertz CT molecular complexity index is 210. The van der Waals surface area contributed by atoms with E-state index in [9.17, 15) is 4.79 Å². The third-order valence-electron chi connectivity index (χ3n) is 3.71. The topological polar surface area (TPSA) is 41.1 Å². The molecule has 1 aliphatic rings. The molecule has 1 rings (SSSR count). The maximum atomic E-state index is 11.7. The zero-order chi connectivity index (χ0) is 12.0. The van der Waals surface area contributed by atoms with Crippen LogP contribution >= 0.6 is 0 Å². The Kier molecular flexibility index (Phi) is 5.81. The van der Waals surface area contributed by atoms with Gasteiger partial charge in [-0.25, -0.2) is 0 Å². The summed E-state index contributed by atoms with van der Waals surface area (Å²) in [6.07, 6.45) is 5.78. The van der Waals surface area contributed by atoms with Gasteiger partial charge in [0.05, 0.1) is 0 Å². The highest BCUT2D eigenvalue weighted by Gasteiger charge is 2.20. The van der Waals surface area contributed by atoms with Crippen molar-refractivity contribution in [3.63, 3.8) is 0 Å². The lowest BCUT2D eigenvalue weighted by Crippen LogP contribution is -2.37. The Morgan fingerprint density at radius 2 is 1.94 bits per heavy atom.